The molecule has 0 amide bonds. The van der Waals surface area contributed by atoms with Gasteiger partial charge in [0.15, 0.2) is 0 Å². The molecule has 88 valence electrons. The minimum atomic E-state index is -0.0892. The van der Waals surface area contributed by atoms with Crippen LogP contribution in [0, 0.1) is 13.8 Å². The van der Waals surface area contributed by atoms with Gasteiger partial charge >= 0.3 is 0 Å². The van der Waals surface area contributed by atoms with E-state index in [0.29, 0.717) is 0 Å². The van der Waals surface area contributed by atoms with Crippen LogP contribution in [0.15, 0.2) is 35.1 Å². The minimum Gasteiger partial charge on any atom is -0.496 e. The molecule has 0 saturated carbocycles. The third-order valence-corrected chi connectivity index (χ3v) is 2.74. The fourth-order valence-electron chi connectivity index (χ4n) is 2.04. The average molecular weight is 229 g/mol. The van der Waals surface area contributed by atoms with Gasteiger partial charge < -0.3 is 9.72 Å². The number of aryl methyl sites for hydroxylation is 2. The second-order valence-corrected chi connectivity index (χ2v) is 4.07. The summed E-state index contributed by atoms with van der Waals surface area (Å²) in [6.45, 7) is 3.99. The predicted octanol–water partition coefficient (Wildman–Crippen LogP) is 2.67. The lowest BCUT2D eigenvalue weighted by molar-refractivity contribution is 0.408. The first-order valence-electron chi connectivity index (χ1n) is 5.47. The molecule has 0 aliphatic rings. The van der Waals surface area contributed by atoms with Crippen LogP contribution in [0.25, 0.3) is 11.3 Å². The first kappa shape index (κ1) is 11.5. The molecule has 0 radical (unpaired) electrons. The van der Waals surface area contributed by atoms with Crippen molar-refractivity contribution in [1.29, 1.82) is 0 Å². The molecule has 3 nitrogen and oxygen atoms in total. The molecular weight excluding hydrogens is 214 g/mol. The molecule has 0 aliphatic heterocycles. The first-order chi connectivity index (χ1) is 8.11. The first-order valence-corrected chi connectivity index (χ1v) is 5.47. The molecule has 1 heterocycles. The molecule has 0 bridgehead atoms. The average Bonchev–Trinajstić information content (AvgIpc) is 2.28. The molecule has 1 aromatic heterocycles. The van der Waals surface area contributed by atoms with E-state index in [0.717, 1.165) is 28.1 Å². The second-order valence-electron chi connectivity index (χ2n) is 4.07. The van der Waals surface area contributed by atoms with Gasteiger partial charge in [-0.25, -0.2) is 0 Å². The maximum atomic E-state index is 11.3. The number of methoxy groups -OCH3 is 1. The van der Waals surface area contributed by atoms with Crippen LogP contribution in [0.3, 0.4) is 0 Å². The number of hydrogen-bond donors (Lipinski definition) is 1. The van der Waals surface area contributed by atoms with Gasteiger partial charge in [-0.05, 0) is 48.7 Å². The monoisotopic (exact) mass is 229 g/mol. The van der Waals surface area contributed by atoms with Crippen molar-refractivity contribution >= 4 is 0 Å². The summed E-state index contributed by atoms with van der Waals surface area (Å²) in [7, 11) is 1.67. The zero-order chi connectivity index (χ0) is 12.4. The third kappa shape index (κ3) is 2.23. The van der Waals surface area contributed by atoms with Crippen molar-refractivity contribution in [3.8, 4) is 17.0 Å². The van der Waals surface area contributed by atoms with Crippen LogP contribution in [0.1, 0.15) is 11.1 Å². The molecule has 1 N–H and O–H groups in total. The SMILES string of the molecule is COc1c(C)cc(-c2cccc(=O)[nH]2)cc1C. The number of rotatable bonds is 2. The Bertz CT molecular complexity index is 576. The van der Waals surface area contributed by atoms with Crippen LogP contribution in [-0.2, 0) is 0 Å². The summed E-state index contributed by atoms with van der Waals surface area (Å²) >= 11 is 0. The van der Waals surface area contributed by atoms with E-state index in [9.17, 15) is 4.79 Å². The summed E-state index contributed by atoms with van der Waals surface area (Å²) in [5.41, 5.74) is 3.86. The van der Waals surface area contributed by atoms with Gasteiger partial charge in [-0.1, -0.05) is 6.07 Å². The lowest BCUT2D eigenvalue weighted by atomic mass is 10.0. The molecule has 17 heavy (non-hydrogen) atoms. The van der Waals surface area contributed by atoms with E-state index in [2.05, 4.69) is 4.98 Å². The number of aromatic amines is 1. The smallest absolute Gasteiger partial charge is 0.248 e. The molecule has 2 aromatic rings. The molecule has 0 fully saturated rings. The zero-order valence-electron chi connectivity index (χ0n) is 10.2. The summed E-state index contributed by atoms with van der Waals surface area (Å²) in [5, 5.41) is 0. The van der Waals surface area contributed by atoms with E-state index in [-0.39, 0.29) is 5.56 Å². The van der Waals surface area contributed by atoms with E-state index in [1.807, 2.05) is 32.0 Å². The van der Waals surface area contributed by atoms with Gasteiger partial charge in [-0.3, -0.25) is 4.79 Å². The van der Waals surface area contributed by atoms with Crippen LogP contribution in [0.4, 0.5) is 0 Å². The Hall–Kier alpha value is -2.03. The minimum absolute atomic E-state index is 0.0892. The van der Waals surface area contributed by atoms with Gasteiger partial charge in [0.1, 0.15) is 5.75 Å². The summed E-state index contributed by atoms with van der Waals surface area (Å²) in [6.07, 6.45) is 0. The molecule has 0 unspecified atom stereocenters. The van der Waals surface area contributed by atoms with E-state index in [4.69, 9.17) is 4.74 Å². The molecule has 2 rings (SSSR count). The highest BCUT2D eigenvalue weighted by Crippen LogP contribution is 2.28. The number of aromatic nitrogens is 1. The number of H-pyrrole nitrogens is 1. The lowest BCUT2D eigenvalue weighted by Crippen LogP contribution is -2.03. The Morgan fingerprint density at radius 2 is 1.76 bits per heavy atom. The Labute approximate surface area is 100 Å². The normalized spacial score (nSPS) is 10.3. The number of pyridine rings is 1. The topological polar surface area (TPSA) is 42.1 Å². The second kappa shape index (κ2) is 4.45. The summed E-state index contributed by atoms with van der Waals surface area (Å²) in [5.74, 6) is 0.895. The maximum Gasteiger partial charge on any atom is 0.248 e. The van der Waals surface area contributed by atoms with E-state index < -0.39 is 0 Å². The number of nitrogens with one attached hydrogen (secondary N) is 1. The van der Waals surface area contributed by atoms with Gasteiger partial charge in [0.2, 0.25) is 5.56 Å². The maximum absolute atomic E-state index is 11.3. The highest BCUT2D eigenvalue weighted by molar-refractivity contribution is 5.63. The quantitative estimate of drug-likeness (QED) is 0.860. The van der Waals surface area contributed by atoms with Crippen molar-refractivity contribution in [3.63, 3.8) is 0 Å². The van der Waals surface area contributed by atoms with Crippen molar-refractivity contribution in [2.24, 2.45) is 0 Å². The molecule has 0 saturated heterocycles. The third-order valence-electron chi connectivity index (χ3n) is 2.74. The number of ether oxygens (including phenoxy) is 1. The van der Waals surface area contributed by atoms with Gasteiger partial charge in [-0.2, -0.15) is 0 Å². The van der Waals surface area contributed by atoms with Crippen molar-refractivity contribution in [3.05, 3.63) is 51.8 Å². The van der Waals surface area contributed by atoms with E-state index >= 15 is 0 Å². The Kier molecular flexibility index (Phi) is 3.00. The van der Waals surface area contributed by atoms with Gasteiger partial charge in [0.05, 0.1) is 7.11 Å². The number of hydrogen-bond acceptors (Lipinski definition) is 2. The predicted molar refractivity (Wildman–Crippen MR) is 68.5 cm³/mol. The molecule has 0 aliphatic carbocycles. The fourth-order valence-corrected chi connectivity index (χ4v) is 2.04. The van der Waals surface area contributed by atoms with Crippen LogP contribution >= 0.6 is 0 Å². The highest BCUT2D eigenvalue weighted by atomic mass is 16.5. The molecular formula is C14H15NO2. The van der Waals surface area contributed by atoms with Crippen LogP contribution < -0.4 is 10.3 Å². The van der Waals surface area contributed by atoms with Crippen LogP contribution in [-0.4, -0.2) is 12.1 Å². The largest absolute Gasteiger partial charge is 0.496 e. The Morgan fingerprint density at radius 3 is 2.29 bits per heavy atom. The van der Waals surface area contributed by atoms with Gasteiger partial charge in [-0.15, -0.1) is 0 Å². The summed E-state index contributed by atoms with van der Waals surface area (Å²) in [4.78, 5) is 14.1. The Morgan fingerprint density at radius 1 is 1.12 bits per heavy atom. The van der Waals surface area contributed by atoms with Crippen molar-refractivity contribution in [2.75, 3.05) is 7.11 Å². The standard InChI is InChI=1S/C14H15NO2/c1-9-7-11(8-10(2)14(9)17-3)12-5-4-6-13(16)15-12/h4-8H,1-3H3,(H,15,16). The van der Waals surface area contributed by atoms with Gasteiger partial charge in [0, 0.05) is 11.8 Å². The molecule has 0 spiro atoms. The Balaban J connectivity index is 2.58. The van der Waals surface area contributed by atoms with E-state index in [1.165, 1.54) is 6.07 Å². The lowest BCUT2D eigenvalue weighted by Gasteiger charge is -2.11. The van der Waals surface area contributed by atoms with Crippen LogP contribution in [0.5, 0.6) is 5.75 Å². The van der Waals surface area contributed by atoms with Crippen LogP contribution in [0.2, 0.25) is 0 Å². The van der Waals surface area contributed by atoms with Crippen molar-refractivity contribution in [2.45, 2.75) is 13.8 Å². The molecule has 1 aromatic carbocycles. The van der Waals surface area contributed by atoms with Crippen molar-refractivity contribution < 1.29 is 4.74 Å². The molecule has 0 atom stereocenters. The zero-order valence-corrected chi connectivity index (χ0v) is 10.2. The summed E-state index contributed by atoms with van der Waals surface area (Å²) in [6, 6.07) is 9.17. The summed E-state index contributed by atoms with van der Waals surface area (Å²) < 4.78 is 5.32. The number of benzene rings is 1. The fraction of sp³-hybridized carbons (Fsp3) is 0.214. The molecule has 3 heteroatoms. The highest BCUT2D eigenvalue weighted by Gasteiger charge is 2.06. The van der Waals surface area contributed by atoms with Gasteiger partial charge in [0.25, 0.3) is 0 Å². The van der Waals surface area contributed by atoms with Crippen molar-refractivity contribution in [1.82, 2.24) is 4.98 Å². The van der Waals surface area contributed by atoms with E-state index in [1.54, 1.807) is 13.2 Å².